The van der Waals surface area contributed by atoms with E-state index in [0.717, 1.165) is 13.0 Å². The highest BCUT2D eigenvalue weighted by molar-refractivity contribution is 5.21. The Balaban J connectivity index is 2.42. The van der Waals surface area contributed by atoms with E-state index in [1.807, 2.05) is 12.4 Å². The zero-order chi connectivity index (χ0) is 12.5. The van der Waals surface area contributed by atoms with Crippen LogP contribution in [0.25, 0.3) is 0 Å². The number of rotatable bonds is 8. The van der Waals surface area contributed by atoms with Crippen molar-refractivity contribution in [2.75, 3.05) is 6.54 Å². The van der Waals surface area contributed by atoms with Crippen molar-refractivity contribution in [3.05, 3.63) is 29.6 Å². The molecule has 1 heterocycles. The van der Waals surface area contributed by atoms with Gasteiger partial charge in [-0.15, -0.1) is 0 Å². The van der Waals surface area contributed by atoms with Crippen molar-refractivity contribution in [3.8, 4) is 0 Å². The summed E-state index contributed by atoms with van der Waals surface area (Å²) >= 11 is 0. The first kappa shape index (κ1) is 14.2. The molecule has 0 spiro atoms. The zero-order valence-electron chi connectivity index (χ0n) is 11.5. The van der Waals surface area contributed by atoms with Crippen LogP contribution in [-0.2, 0) is 6.42 Å². The van der Waals surface area contributed by atoms with Crippen LogP contribution in [0, 0.1) is 6.92 Å². The Morgan fingerprint density at radius 3 is 2.71 bits per heavy atom. The molecule has 0 aromatic carbocycles. The Morgan fingerprint density at radius 2 is 2.06 bits per heavy atom. The molecule has 0 amide bonds. The molecule has 0 aliphatic rings. The van der Waals surface area contributed by atoms with Crippen LogP contribution in [0.4, 0.5) is 0 Å². The summed E-state index contributed by atoms with van der Waals surface area (Å²) in [5.74, 6) is 0. The van der Waals surface area contributed by atoms with E-state index in [4.69, 9.17) is 0 Å². The summed E-state index contributed by atoms with van der Waals surface area (Å²) < 4.78 is 0. The normalized spacial score (nSPS) is 12.6. The lowest BCUT2D eigenvalue weighted by molar-refractivity contribution is 0.448. The average Bonchev–Trinajstić information content (AvgIpc) is 2.34. The van der Waals surface area contributed by atoms with Gasteiger partial charge in [0.15, 0.2) is 0 Å². The maximum atomic E-state index is 4.21. The second-order valence-electron chi connectivity index (χ2n) is 4.78. The minimum Gasteiger partial charge on any atom is -0.314 e. The molecule has 1 atom stereocenters. The molecule has 1 rings (SSSR count). The third-order valence-corrected chi connectivity index (χ3v) is 3.23. The van der Waals surface area contributed by atoms with E-state index in [9.17, 15) is 0 Å². The first-order valence-corrected chi connectivity index (χ1v) is 6.90. The Labute approximate surface area is 106 Å². The van der Waals surface area contributed by atoms with Crippen LogP contribution >= 0.6 is 0 Å². The fraction of sp³-hybridized carbons (Fsp3) is 0.667. The van der Waals surface area contributed by atoms with Gasteiger partial charge in [0.25, 0.3) is 0 Å². The largest absolute Gasteiger partial charge is 0.314 e. The predicted molar refractivity (Wildman–Crippen MR) is 74.3 cm³/mol. The number of pyridine rings is 1. The van der Waals surface area contributed by atoms with Crippen LogP contribution in [0.5, 0.6) is 0 Å². The van der Waals surface area contributed by atoms with Gasteiger partial charge >= 0.3 is 0 Å². The molecular formula is C15H26N2. The Bertz CT molecular complexity index is 310. The van der Waals surface area contributed by atoms with Gasteiger partial charge in [0.05, 0.1) is 0 Å². The summed E-state index contributed by atoms with van der Waals surface area (Å²) in [5.41, 5.74) is 2.76. The molecule has 0 radical (unpaired) electrons. The quantitative estimate of drug-likeness (QED) is 0.745. The molecule has 2 heteroatoms. The number of aromatic nitrogens is 1. The van der Waals surface area contributed by atoms with Gasteiger partial charge in [0.1, 0.15) is 0 Å². The monoisotopic (exact) mass is 234 g/mol. The topological polar surface area (TPSA) is 24.9 Å². The van der Waals surface area contributed by atoms with Gasteiger partial charge in [-0.3, -0.25) is 4.98 Å². The first-order valence-electron chi connectivity index (χ1n) is 6.90. The van der Waals surface area contributed by atoms with Gasteiger partial charge in [-0.1, -0.05) is 20.3 Å². The molecule has 1 aromatic heterocycles. The predicted octanol–water partition coefficient (Wildman–Crippen LogP) is 3.49. The van der Waals surface area contributed by atoms with Crippen molar-refractivity contribution in [2.24, 2.45) is 0 Å². The third-order valence-electron chi connectivity index (χ3n) is 3.23. The van der Waals surface area contributed by atoms with Crippen molar-refractivity contribution in [2.45, 2.75) is 58.9 Å². The van der Waals surface area contributed by atoms with E-state index in [0.29, 0.717) is 6.04 Å². The van der Waals surface area contributed by atoms with E-state index >= 15 is 0 Å². The maximum Gasteiger partial charge on any atom is 0.0302 e. The highest BCUT2D eigenvalue weighted by Crippen LogP contribution is 2.11. The molecular weight excluding hydrogens is 208 g/mol. The molecule has 1 aromatic rings. The molecule has 0 aliphatic carbocycles. The fourth-order valence-electron chi connectivity index (χ4n) is 2.13. The number of nitrogens with zero attached hydrogens (tertiary/aromatic N) is 1. The first-order chi connectivity index (χ1) is 8.27. The minimum atomic E-state index is 0.666. The highest BCUT2D eigenvalue weighted by Gasteiger charge is 2.07. The molecule has 0 fully saturated rings. The van der Waals surface area contributed by atoms with E-state index in [1.165, 1.54) is 36.8 Å². The Kier molecular flexibility index (Phi) is 6.87. The third kappa shape index (κ3) is 5.31. The lowest BCUT2D eigenvalue weighted by Gasteiger charge is -2.18. The number of hydrogen-bond acceptors (Lipinski definition) is 2. The van der Waals surface area contributed by atoms with Gasteiger partial charge in [0, 0.05) is 18.4 Å². The van der Waals surface area contributed by atoms with Crippen molar-refractivity contribution >= 4 is 0 Å². The van der Waals surface area contributed by atoms with Crippen LogP contribution in [0.2, 0.25) is 0 Å². The van der Waals surface area contributed by atoms with E-state index in [1.54, 1.807) is 0 Å². The number of aryl methyl sites for hydroxylation is 2. The summed E-state index contributed by atoms with van der Waals surface area (Å²) in [4.78, 5) is 4.21. The summed E-state index contributed by atoms with van der Waals surface area (Å²) in [6, 6.07) is 2.77. The molecule has 2 nitrogen and oxygen atoms in total. The zero-order valence-corrected chi connectivity index (χ0v) is 11.5. The number of nitrogens with one attached hydrogen (secondary N) is 1. The van der Waals surface area contributed by atoms with Crippen molar-refractivity contribution < 1.29 is 0 Å². The molecule has 1 unspecified atom stereocenters. The van der Waals surface area contributed by atoms with Crippen molar-refractivity contribution in [1.29, 1.82) is 0 Å². The summed E-state index contributed by atoms with van der Waals surface area (Å²) in [6.45, 7) is 7.79. The van der Waals surface area contributed by atoms with Crippen LogP contribution in [0.1, 0.15) is 50.7 Å². The van der Waals surface area contributed by atoms with Crippen LogP contribution < -0.4 is 5.32 Å². The maximum absolute atomic E-state index is 4.21. The second-order valence-corrected chi connectivity index (χ2v) is 4.78. The highest BCUT2D eigenvalue weighted by atomic mass is 14.9. The fourth-order valence-corrected chi connectivity index (χ4v) is 2.13. The van der Waals surface area contributed by atoms with Crippen molar-refractivity contribution in [1.82, 2.24) is 10.3 Å². The van der Waals surface area contributed by atoms with Gasteiger partial charge in [-0.05, 0) is 56.3 Å². The standard InChI is InChI=1S/C15H26N2/c1-4-6-15(17-10-5-2)8-7-14-12-16-11-9-13(14)3/h9,11-12,15,17H,4-8,10H2,1-3H3. The average molecular weight is 234 g/mol. The van der Waals surface area contributed by atoms with Gasteiger partial charge < -0.3 is 5.32 Å². The van der Waals surface area contributed by atoms with Gasteiger partial charge in [-0.2, -0.15) is 0 Å². The van der Waals surface area contributed by atoms with E-state index in [-0.39, 0.29) is 0 Å². The summed E-state index contributed by atoms with van der Waals surface area (Å²) in [6.07, 6.45) is 10.00. The second kappa shape index (κ2) is 8.24. The van der Waals surface area contributed by atoms with Gasteiger partial charge in [0.2, 0.25) is 0 Å². The van der Waals surface area contributed by atoms with Crippen LogP contribution in [0.15, 0.2) is 18.5 Å². The lowest BCUT2D eigenvalue weighted by Crippen LogP contribution is -2.30. The molecule has 96 valence electrons. The smallest absolute Gasteiger partial charge is 0.0302 e. The summed E-state index contributed by atoms with van der Waals surface area (Å²) in [7, 11) is 0. The lowest BCUT2D eigenvalue weighted by atomic mass is 10.0. The van der Waals surface area contributed by atoms with Gasteiger partial charge in [-0.25, -0.2) is 0 Å². The number of hydrogen-bond donors (Lipinski definition) is 1. The molecule has 0 saturated heterocycles. The van der Waals surface area contributed by atoms with E-state index < -0.39 is 0 Å². The Morgan fingerprint density at radius 1 is 1.24 bits per heavy atom. The molecule has 0 saturated carbocycles. The molecule has 17 heavy (non-hydrogen) atoms. The summed E-state index contributed by atoms with van der Waals surface area (Å²) in [5, 5.41) is 3.64. The van der Waals surface area contributed by atoms with Crippen LogP contribution in [0.3, 0.4) is 0 Å². The Hall–Kier alpha value is -0.890. The SMILES string of the molecule is CCCNC(CCC)CCc1cnccc1C. The molecule has 0 aliphatic heterocycles. The molecule has 0 bridgehead atoms. The van der Waals surface area contributed by atoms with Crippen molar-refractivity contribution in [3.63, 3.8) is 0 Å². The molecule has 1 N–H and O–H groups in total. The minimum absolute atomic E-state index is 0.666. The van der Waals surface area contributed by atoms with E-state index in [2.05, 4.69) is 37.1 Å². The van der Waals surface area contributed by atoms with Crippen LogP contribution in [-0.4, -0.2) is 17.6 Å².